The van der Waals surface area contributed by atoms with Crippen molar-refractivity contribution in [3.8, 4) is 0 Å². The number of nitrogens with one attached hydrogen (secondary N) is 4. The number of amides is 3. The number of halogens is 3. The number of aromatic amines is 1. The Kier molecular flexibility index (Phi) is 11.1. The van der Waals surface area contributed by atoms with E-state index in [9.17, 15) is 27.6 Å². The summed E-state index contributed by atoms with van der Waals surface area (Å²) in [4.78, 5) is 41.9. The van der Waals surface area contributed by atoms with Crippen LogP contribution >= 0.6 is 0 Å². The molecule has 2 atom stereocenters. The molecule has 0 fully saturated rings. The summed E-state index contributed by atoms with van der Waals surface area (Å²) in [7, 11) is 0. The van der Waals surface area contributed by atoms with E-state index in [1.54, 1.807) is 17.3 Å². The van der Waals surface area contributed by atoms with Gasteiger partial charge in [0.2, 0.25) is 17.3 Å². The molecule has 41 heavy (non-hydrogen) atoms. The monoisotopic (exact) mass is 578 g/mol. The van der Waals surface area contributed by atoms with Crippen LogP contribution < -0.4 is 38.2 Å². The van der Waals surface area contributed by atoms with E-state index in [2.05, 4.69) is 38.2 Å². The van der Waals surface area contributed by atoms with Gasteiger partial charge in [0.1, 0.15) is 11.7 Å². The Balaban J connectivity index is 1.74. The number of rotatable bonds is 13. The number of aromatic nitrogens is 1. The number of carbonyl (C=O) groups excluding carboxylic acids is 3. The first-order valence-electron chi connectivity index (χ1n) is 13.1. The molecule has 0 bridgehead atoms. The number of pyridine rings is 1. The molecule has 14 heteroatoms. The van der Waals surface area contributed by atoms with Crippen molar-refractivity contribution < 1.29 is 49.7 Å². The molecule has 3 aromatic rings. The Morgan fingerprint density at radius 2 is 1.61 bits per heavy atom. The number of hydrogen-bond donors (Lipinski definition) is 6. The quantitative estimate of drug-likeness (QED) is 0.130. The summed E-state index contributed by atoms with van der Waals surface area (Å²) < 4.78 is 39.1. The predicted molar refractivity (Wildman–Crippen MR) is 143 cm³/mol. The highest BCUT2D eigenvalue weighted by molar-refractivity contribution is 5.99. The summed E-state index contributed by atoms with van der Waals surface area (Å²) in [6.45, 7) is 2.14. The van der Waals surface area contributed by atoms with Crippen LogP contribution in [0.3, 0.4) is 0 Å². The van der Waals surface area contributed by atoms with Crippen LogP contribution in [0.1, 0.15) is 17.5 Å². The molecule has 3 amide bonds. The van der Waals surface area contributed by atoms with Gasteiger partial charge in [-0.15, -0.1) is 0 Å². The molecule has 13 N–H and O–H groups in total. The number of hydrazine groups is 1. The van der Waals surface area contributed by atoms with Crippen molar-refractivity contribution in [2.45, 2.75) is 31.1 Å². The van der Waals surface area contributed by atoms with E-state index in [0.717, 1.165) is 23.0 Å². The molecule has 0 saturated carbocycles. The number of alkyl halides is 3. The lowest BCUT2D eigenvalue weighted by molar-refractivity contribution is -0.402. The van der Waals surface area contributed by atoms with Crippen LogP contribution in [0.25, 0.3) is 10.9 Å². The second kappa shape index (κ2) is 14.5. The average molecular weight is 579 g/mol. The minimum Gasteiger partial charge on any atom is -0.356 e. The first kappa shape index (κ1) is 31.4. The molecule has 1 aromatic heterocycles. The van der Waals surface area contributed by atoms with Gasteiger partial charge in [0.25, 0.3) is 5.91 Å². The van der Waals surface area contributed by atoms with Crippen LogP contribution in [0.5, 0.6) is 0 Å². The largest absolute Gasteiger partial charge is 0.416 e. The van der Waals surface area contributed by atoms with E-state index in [-0.39, 0.29) is 12.8 Å². The summed E-state index contributed by atoms with van der Waals surface area (Å²) in [6.07, 6.45) is -3.25. The molecule has 0 spiro atoms. The third-order valence-electron chi connectivity index (χ3n) is 6.22. The zero-order valence-electron chi connectivity index (χ0n) is 22.6. The third kappa shape index (κ3) is 9.49. The fourth-order valence-corrected chi connectivity index (χ4v) is 4.13. The van der Waals surface area contributed by atoms with Crippen LogP contribution in [0.2, 0.25) is 0 Å². The molecule has 0 unspecified atom stereocenters. The summed E-state index contributed by atoms with van der Waals surface area (Å²) >= 11 is 0. The van der Waals surface area contributed by atoms with Gasteiger partial charge in [0, 0.05) is 17.9 Å². The van der Waals surface area contributed by atoms with Crippen LogP contribution in [0.4, 0.5) is 18.9 Å². The second-order valence-electron chi connectivity index (χ2n) is 9.56. The van der Waals surface area contributed by atoms with Gasteiger partial charge < -0.3 is 27.8 Å². The predicted octanol–water partition coefficient (Wildman–Crippen LogP) is -1.84. The van der Waals surface area contributed by atoms with Gasteiger partial charge >= 0.3 is 6.18 Å². The number of para-hydroxylation sites is 1. The zero-order chi connectivity index (χ0) is 30.0. The molecule has 0 aliphatic rings. The normalized spacial score (nSPS) is 13.0. The van der Waals surface area contributed by atoms with Crippen molar-refractivity contribution in [3.05, 3.63) is 71.9 Å². The summed E-state index contributed by atoms with van der Waals surface area (Å²) in [5.74, 6) is -1.67. The van der Waals surface area contributed by atoms with Gasteiger partial charge in [-0.2, -0.15) is 13.2 Å². The molecule has 220 valence electrons. The lowest BCUT2D eigenvalue weighted by Gasteiger charge is -2.22. The Morgan fingerprint density at radius 3 is 2.24 bits per heavy atom. The lowest BCUT2D eigenvalue weighted by atomic mass is 10.0. The van der Waals surface area contributed by atoms with Gasteiger partial charge in [-0.1, -0.05) is 24.3 Å². The Morgan fingerprint density at radius 1 is 0.951 bits per heavy atom. The fraction of sp³-hybridized carbons (Fsp3) is 0.333. The fourth-order valence-electron chi connectivity index (χ4n) is 4.13. The van der Waals surface area contributed by atoms with Gasteiger partial charge in [-0.25, -0.2) is 9.99 Å². The Hall–Kier alpha value is -4.11. The highest BCUT2D eigenvalue weighted by atomic mass is 19.4. The van der Waals surface area contributed by atoms with E-state index in [0.29, 0.717) is 37.4 Å². The highest BCUT2D eigenvalue weighted by Gasteiger charge is 2.31. The van der Waals surface area contributed by atoms with E-state index in [1.165, 1.54) is 12.1 Å². The van der Waals surface area contributed by atoms with Crippen molar-refractivity contribution in [1.82, 2.24) is 15.8 Å². The van der Waals surface area contributed by atoms with Crippen LogP contribution in [-0.2, 0) is 27.0 Å². The smallest absolute Gasteiger partial charge is 0.356 e. The molecular formula is C27H37F3N8O3+4. The summed E-state index contributed by atoms with van der Waals surface area (Å²) in [5.41, 5.74) is 14.9. The minimum atomic E-state index is -4.51. The number of H-pyrrole nitrogens is 1. The molecule has 11 nitrogen and oxygen atoms in total. The standard InChI is InChI=1S/C27H33F3N8O3/c28-27(29,30)19-7-5-17(6-8-19)13-23(26(41)35-20-14-18-3-1-2-4-22(18)34-16-20)36-25(40)21(33)15-24(39)37-38(11-9-31)12-10-32/h1-8,14,16,21,23H,9-13,15,31-33H2,(H,35,41)(H,36,40)(H,37,39)/p+4/t21-,23-/m0/s1. The minimum absolute atomic E-state index is 0.0906. The van der Waals surface area contributed by atoms with Crippen molar-refractivity contribution in [2.24, 2.45) is 0 Å². The molecule has 1 heterocycles. The molecule has 2 aromatic carbocycles. The second-order valence-corrected chi connectivity index (χ2v) is 9.56. The maximum Gasteiger partial charge on any atom is 0.416 e. The SMILES string of the molecule is [NH3+]CCN(CC[NH3+])NC(=O)C[C@H]([NH3+])C(=O)N[C@@H](Cc1ccc(C(F)(F)F)cc1)C(=O)Nc1c[nH+]c2ccccc2c1. The van der Waals surface area contributed by atoms with Crippen LogP contribution in [-0.4, -0.2) is 61.0 Å². The summed E-state index contributed by atoms with van der Waals surface area (Å²) in [6, 6.07) is 11.3. The number of hydrogen-bond acceptors (Lipinski definition) is 4. The highest BCUT2D eigenvalue weighted by Crippen LogP contribution is 2.29. The number of quaternary nitrogens is 3. The molecule has 0 saturated heterocycles. The number of anilines is 1. The molecular weight excluding hydrogens is 541 g/mol. The van der Waals surface area contributed by atoms with Crippen LogP contribution in [0.15, 0.2) is 60.8 Å². The van der Waals surface area contributed by atoms with Crippen molar-refractivity contribution in [3.63, 3.8) is 0 Å². The molecule has 0 aliphatic carbocycles. The first-order chi connectivity index (χ1) is 19.5. The number of fused-ring (bicyclic) bond motifs is 1. The van der Waals surface area contributed by atoms with E-state index < -0.39 is 41.5 Å². The maximum absolute atomic E-state index is 13.3. The average Bonchev–Trinajstić information content (AvgIpc) is 2.92. The molecule has 0 radical (unpaired) electrons. The maximum atomic E-state index is 13.3. The topological polar surface area (TPSA) is 188 Å². The van der Waals surface area contributed by atoms with Crippen LogP contribution in [0, 0.1) is 0 Å². The van der Waals surface area contributed by atoms with E-state index >= 15 is 0 Å². The van der Waals surface area contributed by atoms with Gasteiger partial charge in [-0.05, 0) is 29.8 Å². The zero-order valence-corrected chi connectivity index (χ0v) is 22.6. The van der Waals surface area contributed by atoms with Gasteiger partial charge in [0.15, 0.2) is 12.2 Å². The van der Waals surface area contributed by atoms with Crippen molar-refractivity contribution in [1.29, 1.82) is 0 Å². The summed E-state index contributed by atoms with van der Waals surface area (Å²) in [5, 5.41) is 7.86. The van der Waals surface area contributed by atoms with Crippen molar-refractivity contribution in [2.75, 3.05) is 31.5 Å². The first-order valence-corrected chi connectivity index (χ1v) is 13.1. The molecule has 0 aliphatic heterocycles. The van der Waals surface area contributed by atoms with Crippen molar-refractivity contribution >= 4 is 34.3 Å². The van der Waals surface area contributed by atoms with E-state index in [4.69, 9.17) is 0 Å². The van der Waals surface area contributed by atoms with Gasteiger partial charge in [0.05, 0.1) is 38.2 Å². The third-order valence-corrected chi connectivity index (χ3v) is 6.22. The Bertz CT molecular complexity index is 1330. The lowest BCUT2D eigenvalue weighted by Crippen LogP contribution is -2.70. The van der Waals surface area contributed by atoms with E-state index in [1.807, 2.05) is 24.3 Å². The van der Waals surface area contributed by atoms with Gasteiger partial charge in [-0.3, -0.25) is 19.8 Å². The molecule has 3 rings (SSSR count). The Labute approximate surface area is 234 Å². The number of carbonyl (C=O) groups is 3. The number of nitrogens with zero attached hydrogens (tertiary/aromatic N) is 1. The number of benzene rings is 2.